The van der Waals surface area contributed by atoms with E-state index in [1.165, 1.54) is 0 Å². The molecule has 0 aromatic carbocycles. The number of rotatable bonds is 6. The van der Waals surface area contributed by atoms with E-state index in [4.69, 9.17) is 0 Å². The molecular formula is C15H25N3O2. The van der Waals surface area contributed by atoms with Crippen LogP contribution < -0.4 is 5.32 Å². The Hall–Kier alpha value is -1.36. The van der Waals surface area contributed by atoms with Crippen molar-refractivity contribution in [2.45, 2.75) is 46.1 Å². The minimum atomic E-state index is -0.0535. The van der Waals surface area contributed by atoms with Crippen molar-refractivity contribution in [1.82, 2.24) is 14.9 Å². The van der Waals surface area contributed by atoms with Crippen LogP contribution in [0, 0.1) is 11.3 Å². The van der Waals surface area contributed by atoms with Gasteiger partial charge in [-0.15, -0.1) is 0 Å². The SMILES string of the molecule is CC(C)(CO)CCCNC(=O)C1CCn2cncc2C1. The number of aliphatic hydroxyl groups is 1. The van der Waals surface area contributed by atoms with Crippen molar-refractivity contribution in [2.75, 3.05) is 13.2 Å². The van der Waals surface area contributed by atoms with Crippen molar-refractivity contribution in [3.05, 3.63) is 18.2 Å². The molecule has 1 aliphatic rings. The Bertz CT molecular complexity index is 454. The highest BCUT2D eigenvalue weighted by Crippen LogP contribution is 2.21. The van der Waals surface area contributed by atoms with E-state index in [1.54, 1.807) is 0 Å². The third kappa shape index (κ3) is 3.82. The van der Waals surface area contributed by atoms with E-state index in [1.807, 2.05) is 26.4 Å². The second-order valence-electron chi connectivity index (χ2n) is 6.49. The fraction of sp³-hybridized carbons (Fsp3) is 0.733. The van der Waals surface area contributed by atoms with E-state index >= 15 is 0 Å². The van der Waals surface area contributed by atoms with Crippen LogP contribution >= 0.6 is 0 Å². The highest BCUT2D eigenvalue weighted by Gasteiger charge is 2.24. The number of carbonyl (C=O) groups excluding carboxylic acids is 1. The first-order valence-corrected chi connectivity index (χ1v) is 7.39. The van der Waals surface area contributed by atoms with Gasteiger partial charge in [-0.2, -0.15) is 0 Å². The topological polar surface area (TPSA) is 67.2 Å². The molecule has 0 fully saturated rings. The lowest BCUT2D eigenvalue weighted by atomic mass is 9.89. The largest absolute Gasteiger partial charge is 0.396 e. The van der Waals surface area contributed by atoms with Gasteiger partial charge < -0.3 is 15.0 Å². The van der Waals surface area contributed by atoms with Crippen LogP contribution in [0.3, 0.4) is 0 Å². The number of nitrogens with one attached hydrogen (secondary N) is 1. The summed E-state index contributed by atoms with van der Waals surface area (Å²) < 4.78 is 2.12. The third-order valence-corrected chi connectivity index (χ3v) is 4.10. The molecule has 2 N–H and O–H groups in total. The Kier molecular flexibility index (Phi) is 4.81. The lowest BCUT2D eigenvalue weighted by molar-refractivity contribution is -0.125. The van der Waals surface area contributed by atoms with Gasteiger partial charge in [0.15, 0.2) is 0 Å². The summed E-state index contributed by atoms with van der Waals surface area (Å²) in [5.41, 5.74) is 1.10. The van der Waals surface area contributed by atoms with E-state index in [-0.39, 0.29) is 23.8 Å². The minimum absolute atomic E-state index is 0.0535. The van der Waals surface area contributed by atoms with Gasteiger partial charge in [0.25, 0.3) is 0 Å². The highest BCUT2D eigenvalue weighted by atomic mass is 16.3. The van der Waals surface area contributed by atoms with Gasteiger partial charge in [0.2, 0.25) is 5.91 Å². The van der Waals surface area contributed by atoms with Gasteiger partial charge in [0, 0.05) is 43.9 Å². The zero-order valence-electron chi connectivity index (χ0n) is 12.4. The third-order valence-electron chi connectivity index (χ3n) is 4.10. The summed E-state index contributed by atoms with van der Waals surface area (Å²) in [6.07, 6.45) is 7.18. The van der Waals surface area contributed by atoms with E-state index in [9.17, 15) is 9.90 Å². The second-order valence-corrected chi connectivity index (χ2v) is 6.49. The maximum atomic E-state index is 12.1. The minimum Gasteiger partial charge on any atom is -0.396 e. The summed E-state index contributed by atoms with van der Waals surface area (Å²) in [5, 5.41) is 12.2. The van der Waals surface area contributed by atoms with Gasteiger partial charge in [0.1, 0.15) is 0 Å². The Morgan fingerprint density at radius 3 is 3.15 bits per heavy atom. The van der Waals surface area contributed by atoms with Gasteiger partial charge in [-0.1, -0.05) is 13.8 Å². The molecule has 0 saturated heterocycles. The first-order chi connectivity index (χ1) is 9.52. The number of fused-ring (bicyclic) bond motifs is 1. The summed E-state index contributed by atoms with van der Waals surface area (Å²) in [5.74, 6) is 0.226. The summed E-state index contributed by atoms with van der Waals surface area (Å²) >= 11 is 0. The molecule has 1 amide bonds. The predicted octanol–water partition coefficient (Wildman–Crippen LogP) is 1.36. The van der Waals surface area contributed by atoms with Crippen molar-refractivity contribution in [3.8, 4) is 0 Å². The summed E-state index contributed by atoms with van der Waals surface area (Å²) in [6, 6.07) is 0. The van der Waals surface area contributed by atoms with Gasteiger partial charge in [-0.05, 0) is 24.7 Å². The van der Waals surface area contributed by atoms with Gasteiger partial charge in [0.05, 0.1) is 6.33 Å². The first-order valence-electron chi connectivity index (χ1n) is 7.39. The van der Waals surface area contributed by atoms with Crippen LogP contribution in [-0.4, -0.2) is 33.7 Å². The Morgan fingerprint density at radius 1 is 1.60 bits per heavy atom. The molecule has 0 spiro atoms. The molecule has 5 nitrogen and oxygen atoms in total. The Labute approximate surface area is 120 Å². The van der Waals surface area contributed by atoms with Gasteiger partial charge in [-0.3, -0.25) is 4.79 Å². The van der Waals surface area contributed by atoms with E-state index in [0.29, 0.717) is 6.54 Å². The molecule has 0 radical (unpaired) electrons. The van der Waals surface area contributed by atoms with E-state index < -0.39 is 0 Å². The first kappa shape index (κ1) is 15.0. The smallest absolute Gasteiger partial charge is 0.223 e. The summed E-state index contributed by atoms with van der Waals surface area (Å²) in [4.78, 5) is 16.3. The summed E-state index contributed by atoms with van der Waals surface area (Å²) in [6.45, 7) is 5.84. The molecule has 20 heavy (non-hydrogen) atoms. The van der Waals surface area contributed by atoms with Gasteiger partial charge >= 0.3 is 0 Å². The summed E-state index contributed by atoms with van der Waals surface area (Å²) in [7, 11) is 0. The second kappa shape index (κ2) is 6.39. The number of aryl methyl sites for hydroxylation is 1. The predicted molar refractivity (Wildman–Crippen MR) is 77.1 cm³/mol. The zero-order valence-corrected chi connectivity index (χ0v) is 12.4. The van der Waals surface area contributed by atoms with E-state index in [0.717, 1.165) is 37.9 Å². The van der Waals surface area contributed by atoms with Crippen molar-refractivity contribution < 1.29 is 9.90 Å². The maximum Gasteiger partial charge on any atom is 0.223 e. The Balaban J connectivity index is 1.71. The molecule has 1 aliphatic heterocycles. The van der Waals surface area contributed by atoms with Crippen LogP contribution in [0.1, 0.15) is 38.8 Å². The molecule has 1 unspecified atom stereocenters. The number of nitrogens with zero attached hydrogens (tertiary/aromatic N) is 2. The van der Waals surface area contributed by atoms with E-state index in [2.05, 4.69) is 14.9 Å². The van der Waals surface area contributed by atoms with Crippen molar-refractivity contribution in [3.63, 3.8) is 0 Å². The fourth-order valence-electron chi connectivity index (χ4n) is 2.59. The lowest BCUT2D eigenvalue weighted by Gasteiger charge is -2.24. The van der Waals surface area contributed by atoms with Crippen molar-refractivity contribution >= 4 is 5.91 Å². The van der Waals surface area contributed by atoms with Crippen LogP contribution in [0.4, 0.5) is 0 Å². The molecule has 0 bridgehead atoms. The normalized spacial score (nSPS) is 18.6. The number of carbonyl (C=O) groups is 1. The fourth-order valence-corrected chi connectivity index (χ4v) is 2.59. The Morgan fingerprint density at radius 2 is 2.40 bits per heavy atom. The monoisotopic (exact) mass is 279 g/mol. The number of aromatic nitrogens is 2. The zero-order chi connectivity index (χ0) is 14.6. The van der Waals surface area contributed by atoms with Crippen LogP contribution in [0.25, 0.3) is 0 Å². The average Bonchev–Trinajstić information content (AvgIpc) is 2.90. The quantitative estimate of drug-likeness (QED) is 0.773. The molecule has 1 atom stereocenters. The molecule has 0 saturated carbocycles. The molecule has 0 aliphatic carbocycles. The molecule has 2 heterocycles. The van der Waals surface area contributed by atoms with Crippen molar-refractivity contribution in [1.29, 1.82) is 0 Å². The maximum absolute atomic E-state index is 12.1. The van der Waals surface area contributed by atoms with Crippen LogP contribution in [-0.2, 0) is 17.8 Å². The number of imidazole rings is 1. The standard InChI is InChI=1S/C15H25N3O2/c1-15(2,10-19)5-3-6-17-14(20)12-4-7-18-11-16-9-13(18)8-12/h9,11-12,19H,3-8,10H2,1-2H3,(H,17,20). The van der Waals surface area contributed by atoms with Crippen molar-refractivity contribution in [2.24, 2.45) is 11.3 Å². The molecule has 112 valence electrons. The molecule has 1 aromatic heterocycles. The van der Waals surface area contributed by atoms with Crippen LogP contribution in [0.5, 0.6) is 0 Å². The van der Waals surface area contributed by atoms with Gasteiger partial charge in [-0.25, -0.2) is 4.98 Å². The molecule has 2 rings (SSSR count). The number of hydrogen-bond acceptors (Lipinski definition) is 3. The number of aliphatic hydroxyl groups excluding tert-OH is 1. The average molecular weight is 279 g/mol. The molecular weight excluding hydrogens is 254 g/mol. The number of hydrogen-bond donors (Lipinski definition) is 2. The van der Waals surface area contributed by atoms with Crippen LogP contribution in [0.15, 0.2) is 12.5 Å². The lowest BCUT2D eigenvalue weighted by Crippen LogP contribution is -2.36. The number of amides is 1. The highest BCUT2D eigenvalue weighted by molar-refractivity contribution is 5.78. The van der Waals surface area contributed by atoms with Crippen LogP contribution in [0.2, 0.25) is 0 Å². The molecule has 1 aromatic rings. The molecule has 5 heteroatoms.